The molecule has 0 saturated carbocycles. The van der Waals surface area contributed by atoms with Gasteiger partial charge in [0.05, 0.1) is 16.9 Å². The van der Waals surface area contributed by atoms with Crippen molar-refractivity contribution in [2.75, 3.05) is 5.75 Å². The maximum absolute atomic E-state index is 10.7. The number of thioether (sulfide) groups is 1. The second-order valence-corrected chi connectivity index (χ2v) is 5.68. The number of nitrogens with zero attached hydrogens (tertiary/aromatic N) is 5. The fraction of sp³-hybridized carbons (Fsp3) is 0.0714. The molecule has 114 valence electrons. The Labute approximate surface area is 134 Å². The minimum Gasteiger partial charge on any atom is -0.461 e. The molecule has 1 aromatic carbocycles. The molecule has 4 rings (SSSR count). The standard InChI is InChI=1S/C14H9N5O3S/c20-19(21)10-5-3-9(4-6-10)11-8-23-14-16-15-13(18(14)17-11)12-2-1-7-22-12/h1-7H,8H2. The summed E-state index contributed by atoms with van der Waals surface area (Å²) in [5.41, 5.74) is 1.68. The monoisotopic (exact) mass is 327 g/mol. The Hall–Kier alpha value is -2.94. The van der Waals surface area contributed by atoms with Gasteiger partial charge in [0.2, 0.25) is 11.0 Å². The smallest absolute Gasteiger partial charge is 0.269 e. The van der Waals surface area contributed by atoms with Gasteiger partial charge in [0.1, 0.15) is 0 Å². The third-order valence-corrected chi connectivity index (χ3v) is 4.25. The molecule has 23 heavy (non-hydrogen) atoms. The molecule has 0 fully saturated rings. The number of non-ortho nitro benzene ring substituents is 1. The molecule has 2 aromatic heterocycles. The van der Waals surface area contributed by atoms with Gasteiger partial charge in [-0.25, -0.2) is 0 Å². The zero-order valence-electron chi connectivity index (χ0n) is 11.6. The average molecular weight is 327 g/mol. The van der Waals surface area contributed by atoms with Crippen molar-refractivity contribution in [3.8, 4) is 11.6 Å². The van der Waals surface area contributed by atoms with E-state index in [2.05, 4.69) is 15.3 Å². The quantitative estimate of drug-likeness (QED) is 0.542. The van der Waals surface area contributed by atoms with Crippen LogP contribution in [0.1, 0.15) is 5.56 Å². The van der Waals surface area contributed by atoms with Crippen LogP contribution in [0.2, 0.25) is 0 Å². The lowest BCUT2D eigenvalue weighted by molar-refractivity contribution is -0.384. The molecule has 1 aliphatic heterocycles. The molecule has 0 amide bonds. The Balaban J connectivity index is 1.74. The highest BCUT2D eigenvalue weighted by Gasteiger charge is 2.22. The number of rotatable bonds is 3. The normalized spacial score (nSPS) is 13.5. The average Bonchev–Trinajstić information content (AvgIpc) is 3.23. The molecular weight excluding hydrogens is 318 g/mol. The summed E-state index contributed by atoms with van der Waals surface area (Å²) in [6.07, 6.45) is 1.56. The molecule has 0 spiro atoms. The van der Waals surface area contributed by atoms with Gasteiger partial charge in [-0.3, -0.25) is 10.1 Å². The summed E-state index contributed by atoms with van der Waals surface area (Å²) in [6.45, 7) is 0. The van der Waals surface area contributed by atoms with Crippen molar-refractivity contribution in [1.29, 1.82) is 0 Å². The van der Waals surface area contributed by atoms with Crippen molar-refractivity contribution in [3.63, 3.8) is 0 Å². The Morgan fingerprint density at radius 2 is 2.04 bits per heavy atom. The fourth-order valence-corrected chi connectivity index (χ4v) is 3.04. The minimum absolute atomic E-state index is 0.0547. The highest BCUT2D eigenvalue weighted by Crippen LogP contribution is 2.28. The molecule has 3 heterocycles. The second-order valence-electron chi connectivity index (χ2n) is 4.73. The first-order chi connectivity index (χ1) is 11.2. The van der Waals surface area contributed by atoms with Crippen LogP contribution in [0.5, 0.6) is 0 Å². The zero-order chi connectivity index (χ0) is 15.8. The van der Waals surface area contributed by atoms with E-state index in [9.17, 15) is 10.1 Å². The Kier molecular flexibility index (Phi) is 3.19. The molecule has 0 atom stereocenters. The maximum atomic E-state index is 10.7. The van der Waals surface area contributed by atoms with Gasteiger partial charge in [0, 0.05) is 17.9 Å². The molecule has 1 aliphatic rings. The van der Waals surface area contributed by atoms with Gasteiger partial charge >= 0.3 is 0 Å². The van der Waals surface area contributed by atoms with Crippen molar-refractivity contribution >= 4 is 23.2 Å². The molecule has 0 unspecified atom stereocenters. The maximum Gasteiger partial charge on any atom is 0.269 e. The van der Waals surface area contributed by atoms with Crippen molar-refractivity contribution in [1.82, 2.24) is 14.9 Å². The lowest BCUT2D eigenvalue weighted by Crippen LogP contribution is -2.13. The topological polar surface area (TPSA) is 99.3 Å². The van der Waals surface area contributed by atoms with Gasteiger partial charge in [-0.15, -0.1) is 10.2 Å². The summed E-state index contributed by atoms with van der Waals surface area (Å²) < 4.78 is 6.98. The summed E-state index contributed by atoms with van der Waals surface area (Å²) in [5, 5.41) is 24.2. The predicted molar refractivity (Wildman–Crippen MR) is 83.5 cm³/mol. The van der Waals surface area contributed by atoms with E-state index in [1.807, 2.05) is 0 Å². The van der Waals surface area contributed by atoms with Crippen LogP contribution in [0.3, 0.4) is 0 Å². The molecule has 8 nitrogen and oxygen atoms in total. The zero-order valence-corrected chi connectivity index (χ0v) is 12.4. The molecule has 0 N–H and O–H groups in total. The number of hydrogen-bond donors (Lipinski definition) is 0. The molecule has 0 aliphatic carbocycles. The van der Waals surface area contributed by atoms with E-state index in [1.54, 1.807) is 35.2 Å². The highest BCUT2D eigenvalue weighted by atomic mass is 32.2. The van der Waals surface area contributed by atoms with E-state index in [-0.39, 0.29) is 5.69 Å². The van der Waals surface area contributed by atoms with Crippen LogP contribution >= 0.6 is 11.8 Å². The summed E-state index contributed by atoms with van der Waals surface area (Å²) in [5.74, 6) is 1.73. The molecule has 0 bridgehead atoms. The molecular formula is C14H9N5O3S. The summed E-state index contributed by atoms with van der Waals surface area (Å²) >= 11 is 1.50. The highest BCUT2D eigenvalue weighted by molar-refractivity contribution is 7.99. The van der Waals surface area contributed by atoms with Gasteiger partial charge in [0.15, 0.2) is 5.76 Å². The molecule has 3 aromatic rings. The first-order valence-electron chi connectivity index (χ1n) is 6.67. The van der Waals surface area contributed by atoms with Gasteiger partial charge in [-0.05, 0) is 29.8 Å². The van der Waals surface area contributed by atoms with E-state index in [1.165, 1.54) is 23.9 Å². The van der Waals surface area contributed by atoms with E-state index in [0.29, 0.717) is 22.5 Å². The summed E-state index contributed by atoms with van der Waals surface area (Å²) in [7, 11) is 0. The number of nitro groups is 1. The van der Waals surface area contributed by atoms with Crippen molar-refractivity contribution in [2.24, 2.45) is 5.10 Å². The Bertz CT molecular complexity index is 899. The molecule has 9 heteroatoms. The predicted octanol–water partition coefficient (Wildman–Crippen LogP) is 2.80. The van der Waals surface area contributed by atoms with Crippen LogP contribution < -0.4 is 0 Å². The number of benzene rings is 1. The van der Waals surface area contributed by atoms with Crippen LogP contribution in [-0.2, 0) is 0 Å². The van der Waals surface area contributed by atoms with Crippen LogP contribution in [0, 0.1) is 10.1 Å². The molecule has 0 radical (unpaired) electrons. The largest absolute Gasteiger partial charge is 0.461 e. The molecule has 0 saturated heterocycles. The third-order valence-electron chi connectivity index (χ3n) is 3.32. The Morgan fingerprint density at radius 3 is 2.74 bits per heavy atom. The number of furan rings is 1. The number of fused-ring (bicyclic) bond motifs is 1. The second kappa shape index (κ2) is 5.36. The van der Waals surface area contributed by atoms with Gasteiger partial charge < -0.3 is 4.42 Å². The van der Waals surface area contributed by atoms with E-state index >= 15 is 0 Å². The van der Waals surface area contributed by atoms with Crippen LogP contribution in [0.15, 0.2) is 57.3 Å². The van der Waals surface area contributed by atoms with Crippen molar-refractivity contribution < 1.29 is 9.34 Å². The fourth-order valence-electron chi connectivity index (χ4n) is 2.20. The first kappa shape index (κ1) is 13.7. The van der Waals surface area contributed by atoms with E-state index in [0.717, 1.165) is 11.3 Å². The van der Waals surface area contributed by atoms with Gasteiger partial charge in [-0.1, -0.05) is 11.8 Å². The Morgan fingerprint density at radius 1 is 1.22 bits per heavy atom. The third kappa shape index (κ3) is 2.40. The van der Waals surface area contributed by atoms with Crippen molar-refractivity contribution in [2.45, 2.75) is 5.16 Å². The number of nitro benzene ring substituents is 1. The van der Waals surface area contributed by atoms with E-state index < -0.39 is 4.92 Å². The first-order valence-corrected chi connectivity index (χ1v) is 7.66. The van der Waals surface area contributed by atoms with Crippen LogP contribution in [0.4, 0.5) is 5.69 Å². The lowest BCUT2D eigenvalue weighted by Gasteiger charge is -2.13. The van der Waals surface area contributed by atoms with Crippen LogP contribution in [-0.4, -0.2) is 31.3 Å². The lowest BCUT2D eigenvalue weighted by atomic mass is 10.1. The van der Waals surface area contributed by atoms with Crippen LogP contribution in [0.25, 0.3) is 11.6 Å². The number of aromatic nitrogens is 3. The number of hydrogen-bond acceptors (Lipinski definition) is 7. The van der Waals surface area contributed by atoms with Gasteiger partial charge in [0.25, 0.3) is 5.69 Å². The SMILES string of the molecule is O=[N+]([O-])c1ccc(C2=Nn3c(nnc3-c3ccco3)SC2)cc1. The van der Waals surface area contributed by atoms with Gasteiger partial charge in [-0.2, -0.15) is 9.78 Å². The minimum atomic E-state index is -0.423. The van der Waals surface area contributed by atoms with Crippen molar-refractivity contribution in [3.05, 3.63) is 58.3 Å². The summed E-state index contributed by atoms with van der Waals surface area (Å²) in [4.78, 5) is 10.3. The summed E-state index contributed by atoms with van der Waals surface area (Å²) in [6, 6.07) is 9.89. The van der Waals surface area contributed by atoms with E-state index in [4.69, 9.17) is 4.42 Å².